The summed E-state index contributed by atoms with van der Waals surface area (Å²) in [5.41, 5.74) is 1.04. The van der Waals surface area contributed by atoms with E-state index in [4.69, 9.17) is 9.47 Å². The minimum atomic E-state index is -1.24. The number of rotatable bonds is 9. The van der Waals surface area contributed by atoms with Crippen molar-refractivity contribution in [3.8, 4) is 11.5 Å². The summed E-state index contributed by atoms with van der Waals surface area (Å²) in [7, 11) is 0. The first kappa shape index (κ1) is 25.9. The monoisotopic (exact) mass is 525 g/mol. The van der Waals surface area contributed by atoms with Crippen LogP contribution in [0, 0.1) is 11.6 Å². The number of amides is 1. The maximum atomic E-state index is 14.6. The summed E-state index contributed by atoms with van der Waals surface area (Å²) in [5.74, 6) is -1.39. The summed E-state index contributed by atoms with van der Waals surface area (Å²) in [6.45, 7) is 2.48. The number of ether oxygens (including phenoxy) is 2. The lowest BCUT2D eigenvalue weighted by Crippen LogP contribution is -2.52. The lowest BCUT2D eigenvalue weighted by molar-refractivity contribution is -0.116. The number of aliphatic hydroxyl groups excluding tert-OH is 1. The summed E-state index contributed by atoms with van der Waals surface area (Å²) in [5, 5.41) is 28.4. The number of oxime groups is 1. The zero-order valence-electron chi connectivity index (χ0n) is 20.7. The molecule has 2 unspecified atom stereocenters. The molecule has 10 heteroatoms. The summed E-state index contributed by atoms with van der Waals surface area (Å²) in [6, 6.07) is 12.0. The number of halogens is 2. The molecule has 0 saturated carbocycles. The standard InChI is InChI=1S/C28H29F2N3O5/c29-21-6-5-18-12-17(2-4-19(18)13-21)3-7-23(32-36)28(35)31-24(16-33-8-1-9-33)26(34)20-14-22(30)27-25(15-20)37-10-11-38-27/h2,4-6,12-15,24,26,34,36H,1,3,7-11,16H2,(H,31,35)/b32-23+. The molecule has 1 saturated heterocycles. The number of carbonyl (C=O) groups is 1. The van der Waals surface area contributed by atoms with Gasteiger partial charge in [0.2, 0.25) is 0 Å². The van der Waals surface area contributed by atoms with Crippen LogP contribution in [0.1, 0.15) is 30.1 Å². The Balaban J connectivity index is 1.28. The first-order valence-corrected chi connectivity index (χ1v) is 12.6. The van der Waals surface area contributed by atoms with Gasteiger partial charge in [0.05, 0.1) is 6.04 Å². The maximum Gasteiger partial charge on any atom is 0.269 e. The Labute approximate surface area is 218 Å². The van der Waals surface area contributed by atoms with Crippen molar-refractivity contribution in [3.05, 3.63) is 71.3 Å². The summed E-state index contributed by atoms with van der Waals surface area (Å²) in [6.07, 6.45) is 0.315. The lowest BCUT2D eigenvalue weighted by atomic mass is 9.98. The Morgan fingerprint density at radius 2 is 1.82 bits per heavy atom. The van der Waals surface area contributed by atoms with Crippen molar-refractivity contribution in [1.82, 2.24) is 10.2 Å². The number of carbonyl (C=O) groups excluding carboxylic acids is 1. The fourth-order valence-electron chi connectivity index (χ4n) is 4.75. The molecule has 1 fully saturated rings. The van der Waals surface area contributed by atoms with E-state index >= 15 is 0 Å². The Hall–Kier alpha value is -3.76. The number of aryl methyl sites for hydroxylation is 1. The molecule has 38 heavy (non-hydrogen) atoms. The van der Waals surface area contributed by atoms with Crippen LogP contribution in [0.2, 0.25) is 0 Å². The van der Waals surface area contributed by atoms with Gasteiger partial charge in [-0.25, -0.2) is 8.78 Å². The van der Waals surface area contributed by atoms with Crippen molar-refractivity contribution in [2.45, 2.75) is 31.4 Å². The van der Waals surface area contributed by atoms with Gasteiger partial charge in [-0.05, 0) is 72.1 Å². The molecule has 3 aromatic rings. The fraction of sp³-hybridized carbons (Fsp3) is 0.357. The molecule has 3 aromatic carbocycles. The molecule has 0 spiro atoms. The van der Waals surface area contributed by atoms with E-state index in [1.807, 2.05) is 12.1 Å². The SMILES string of the molecule is O=C(NC(CN1CCC1)C(O)c1cc(F)c2c(c1)OCCO2)/C(CCc1ccc2cc(F)ccc2c1)=N/O. The van der Waals surface area contributed by atoms with Gasteiger partial charge >= 0.3 is 0 Å². The Morgan fingerprint density at radius 1 is 1.05 bits per heavy atom. The van der Waals surface area contributed by atoms with E-state index in [1.54, 1.807) is 12.1 Å². The fourth-order valence-corrected chi connectivity index (χ4v) is 4.75. The van der Waals surface area contributed by atoms with Gasteiger partial charge in [-0.3, -0.25) is 4.79 Å². The zero-order valence-corrected chi connectivity index (χ0v) is 20.7. The molecular weight excluding hydrogens is 496 g/mol. The Bertz CT molecular complexity index is 1360. The van der Waals surface area contributed by atoms with Gasteiger partial charge in [-0.1, -0.05) is 29.4 Å². The van der Waals surface area contributed by atoms with Crippen LogP contribution in [-0.4, -0.2) is 65.7 Å². The van der Waals surface area contributed by atoms with E-state index < -0.39 is 23.9 Å². The maximum absolute atomic E-state index is 14.6. The van der Waals surface area contributed by atoms with Crippen molar-refractivity contribution in [2.75, 3.05) is 32.8 Å². The van der Waals surface area contributed by atoms with Gasteiger partial charge < -0.3 is 30.0 Å². The third-order valence-corrected chi connectivity index (χ3v) is 6.96. The first-order valence-electron chi connectivity index (χ1n) is 12.6. The number of hydrogen-bond acceptors (Lipinski definition) is 7. The molecule has 0 radical (unpaired) electrons. The molecule has 3 N–H and O–H groups in total. The Morgan fingerprint density at radius 3 is 2.58 bits per heavy atom. The van der Waals surface area contributed by atoms with Crippen molar-refractivity contribution >= 4 is 22.4 Å². The molecule has 2 aliphatic heterocycles. The van der Waals surface area contributed by atoms with Crippen LogP contribution in [0.3, 0.4) is 0 Å². The van der Waals surface area contributed by atoms with Gasteiger partial charge in [-0.2, -0.15) is 0 Å². The number of nitrogens with one attached hydrogen (secondary N) is 1. The Kier molecular flexibility index (Phi) is 7.71. The average molecular weight is 526 g/mol. The number of nitrogens with zero attached hydrogens (tertiary/aromatic N) is 2. The van der Waals surface area contributed by atoms with E-state index in [0.717, 1.165) is 35.8 Å². The number of likely N-dealkylation sites (tertiary alicyclic amines) is 1. The van der Waals surface area contributed by atoms with Crippen molar-refractivity contribution in [1.29, 1.82) is 0 Å². The van der Waals surface area contributed by atoms with Crippen LogP contribution in [-0.2, 0) is 11.2 Å². The highest BCUT2D eigenvalue weighted by Crippen LogP contribution is 2.36. The third-order valence-electron chi connectivity index (χ3n) is 6.96. The molecule has 2 atom stereocenters. The third kappa shape index (κ3) is 5.71. The minimum absolute atomic E-state index is 0.00375. The van der Waals surface area contributed by atoms with Gasteiger partial charge in [0.15, 0.2) is 17.3 Å². The van der Waals surface area contributed by atoms with Gasteiger partial charge in [0.25, 0.3) is 5.91 Å². The topological polar surface area (TPSA) is 104 Å². The summed E-state index contributed by atoms with van der Waals surface area (Å²) in [4.78, 5) is 15.2. The molecule has 5 rings (SSSR count). The van der Waals surface area contributed by atoms with Gasteiger partial charge in [0, 0.05) is 13.0 Å². The van der Waals surface area contributed by atoms with Crippen molar-refractivity contribution in [2.24, 2.45) is 5.16 Å². The molecule has 8 nitrogen and oxygen atoms in total. The normalized spacial score (nSPS) is 17.1. The summed E-state index contributed by atoms with van der Waals surface area (Å²) < 4.78 is 38.9. The number of hydrogen-bond donors (Lipinski definition) is 3. The first-order chi connectivity index (χ1) is 18.4. The highest BCUT2D eigenvalue weighted by atomic mass is 19.1. The molecular formula is C28H29F2N3O5. The smallest absolute Gasteiger partial charge is 0.269 e. The molecule has 0 bridgehead atoms. The van der Waals surface area contributed by atoms with E-state index in [-0.39, 0.29) is 48.2 Å². The second-order valence-corrected chi connectivity index (χ2v) is 9.58. The van der Waals surface area contributed by atoms with Crippen molar-refractivity contribution < 1.29 is 33.4 Å². The van der Waals surface area contributed by atoms with Crippen LogP contribution in [0.5, 0.6) is 11.5 Å². The van der Waals surface area contributed by atoms with Crippen LogP contribution in [0.15, 0.2) is 53.7 Å². The number of benzene rings is 3. The molecule has 2 heterocycles. The van der Waals surface area contributed by atoms with Crippen LogP contribution in [0.4, 0.5) is 8.78 Å². The highest BCUT2D eigenvalue weighted by molar-refractivity contribution is 6.38. The highest BCUT2D eigenvalue weighted by Gasteiger charge is 2.31. The molecule has 0 aromatic heterocycles. The van der Waals surface area contributed by atoms with E-state index in [0.29, 0.717) is 13.0 Å². The minimum Gasteiger partial charge on any atom is -0.486 e. The number of fused-ring (bicyclic) bond motifs is 2. The molecule has 1 amide bonds. The largest absolute Gasteiger partial charge is 0.486 e. The molecule has 2 aliphatic rings. The molecule has 200 valence electrons. The average Bonchev–Trinajstić information content (AvgIpc) is 2.89. The summed E-state index contributed by atoms with van der Waals surface area (Å²) >= 11 is 0. The van der Waals surface area contributed by atoms with Gasteiger partial charge in [-0.15, -0.1) is 0 Å². The van der Waals surface area contributed by atoms with Crippen LogP contribution in [0.25, 0.3) is 10.8 Å². The quantitative estimate of drug-likeness (QED) is 0.224. The van der Waals surface area contributed by atoms with Crippen LogP contribution < -0.4 is 14.8 Å². The lowest BCUT2D eigenvalue weighted by Gasteiger charge is -2.36. The number of aliphatic hydroxyl groups is 1. The van der Waals surface area contributed by atoms with E-state index in [2.05, 4.69) is 15.4 Å². The molecule has 0 aliphatic carbocycles. The second-order valence-electron chi connectivity index (χ2n) is 9.58. The van der Waals surface area contributed by atoms with E-state index in [9.17, 15) is 23.9 Å². The predicted octanol–water partition coefficient (Wildman–Crippen LogP) is 3.58. The van der Waals surface area contributed by atoms with Gasteiger partial charge in [0.1, 0.15) is 30.8 Å². The predicted molar refractivity (Wildman–Crippen MR) is 137 cm³/mol. The van der Waals surface area contributed by atoms with E-state index in [1.165, 1.54) is 24.3 Å². The van der Waals surface area contributed by atoms with Crippen LogP contribution >= 0.6 is 0 Å². The second kappa shape index (κ2) is 11.3. The zero-order chi connectivity index (χ0) is 26.6. The van der Waals surface area contributed by atoms with Crippen molar-refractivity contribution in [3.63, 3.8) is 0 Å².